The van der Waals surface area contributed by atoms with Gasteiger partial charge in [-0.05, 0) is 49.7 Å². The van der Waals surface area contributed by atoms with Crippen molar-refractivity contribution in [1.82, 2.24) is 9.80 Å². The van der Waals surface area contributed by atoms with Crippen LogP contribution in [-0.4, -0.2) is 54.8 Å². The van der Waals surface area contributed by atoms with Gasteiger partial charge < -0.3 is 9.74 Å². The van der Waals surface area contributed by atoms with E-state index in [1.807, 2.05) is 0 Å². The Hall–Kier alpha value is -1.65. The molecule has 29 heavy (non-hydrogen) atoms. The molecule has 0 unspecified atom stereocenters. The van der Waals surface area contributed by atoms with Crippen molar-refractivity contribution in [1.29, 1.82) is 0 Å². The SMILES string of the molecule is CCCC/C=C1\CCCC\C1=N\OCCCN1CCN(Cc2ccccc2)CC1. The molecule has 1 saturated heterocycles. The van der Waals surface area contributed by atoms with Gasteiger partial charge in [0.15, 0.2) is 0 Å². The number of rotatable bonds is 10. The fourth-order valence-electron chi connectivity index (χ4n) is 4.21. The molecule has 0 aromatic heterocycles. The largest absolute Gasteiger partial charge is 0.396 e. The summed E-state index contributed by atoms with van der Waals surface area (Å²) in [7, 11) is 0. The van der Waals surface area contributed by atoms with Gasteiger partial charge in [-0.15, -0.1) is 0 Å². The van der Waals surface area contributed by atoms with Crippen LogP contribution in [-0.2, 0) is 11.4 Å². The molecule has 1 aromatic carbocycles. The minimum absolute atomic E-state index is 0.732. The van der Waals surface area contributed by atoms with Gasteiger partial charge in [-0.25, -0.2) is 0 Å². The third-order valence-corrected chi connectivity index (χ3v) is 6.03. The summed E-state index contributed by atoms with van der Waals surface area (Å²) in [6.07, 6.45) is 12.0. The maximum Gasteiger partial charge on any atom is 0.118 e. The second-order valence-electron chi connectivity index (χ2n) is 8.41. The van der Waals surface area contributed by atoms with Crippen LogP contribution in [0.2, 0.25) is 0 Å². The number of oxime groups is 1. The summed E-state index contributed by atoms with van der Waals surface area (Å²) in [6, 6.07) is 10.8. The zero-order valence-corrected chi connectivity index (χ0v) is 18.3. The molecule has 4 nitrogen and oxygen atoms in total. The first-order chi connectivity index (χ1) is 14.3. The standard InChI is InChI=1S/C25H39N3O/c1-2-3-5-13-24-14-8-9-15-25(24)26-29-21-10-16-27-17-19-28(20-18-27)22-23-11-6-4-7-12-23/h4,6-7,11-13H,2-3,5,8-10,14-22H2,1H3/b24-13+,26-25-. The molecule has 1 saturated carbocycles. The summed E-state index contributed by atoms with van der Waals surface area (Å²) in [5.74, 6) is 0. The summed E-state index contributed by atoms with van der Waals surface area (Å²) in [5.41, 5.74) is 4.07. The number of nitrogens with zero attached hydrogens (tertiary/aromatic N) is 3. The van der Waals surface area contributed by atoms with Gasteiger partial charge in [0.1, 0.15) is 6.61 Å². The van der Waals surface area contributed by atoms with Crippen LogP contribution in [0.3, 0.4) is 0 Å². The Kier molecular flexibility index (Phi) is 9.74. The lowest BCUT2D eigenvalue weighted by atomic mass is 9.92. The summed E-state index contributed by atoms with van der Waals surface area (Å²) >= 11 is 0. The van der Waals surface area contributed by atoms with Crippen molar-refractivity contribution >= 4 is 5.71 Å². The van der Waals surface area contributed by atoms with Crippen LogP contribution < -0.4 is 0 Å². The van der Waals surface area contributed by atoms with E-state index in [1.54, 1.807) is 0 Å². The first-order valence-electron chi connectivity index (χ1n) is 11.7. The fraction of sp³-hybridized carbons (Fsp3) is 0.640. The molecule has 0 amide bonds. The highest BCUT2D eigenvalue weighted by molar-refractivity contribution is 6.00. The lowest BCUT2D eigenvalue weighted by Crippen LogP contribution is -2.46. The molecular formula is C25H39N3O. The van der Waals surface area contributed by atoms with Gasteiger partial charge in [0.2, 0.25) is 0 Å². The first-order valence-corrected chi connectivity index (χ1v) is 11.7. The number of unbranched alkanes of at least 4 members (excludes halogenated alkanes) is 2. The second-order valence-corrected chi connectivity index (χ2v) is 8.41. The van der Waals surface area contributed by atoms with E-state index < -0.39 is 0 Å². The Bertz CT molecular complexity index is 633. The van der Waals surface area contributed by atoms with E-state index in [4.69, 9.17) is 4.84 Å². The van der Waals surface area contributed by atoms with E-state index in [0.717, 1.165) is 58.7 Å². The van der Waals surface area contributed by atoms with Crippen LogP contribution in [0, 0.1) is 0 Å². The molecule has 0 bridgehead atoms. The molecule has 1 aliphatic heterocycles. The van der Waals surface area contributed by atoms with Gasteiger partial charge in [0.25, 0.3) is 0 Å². The van der Waals surface area contributed by atoms with Crippen molar-refractivity contribution in [2.24, 2.45) is 5.16 Å². The van der Waals surface area contributed by atoms with Crippen LogP contribution in [0.25, 0.3) is 0 Å². The summed E-state index contributed by atoms with van der Waals surface area (Å²) < 4.78 is 0. The Balaban J connectivity index is 1.30. The van der Waals surface area contributed by atoms with E-state index >= 15 is 0 Å². The van der Waals surface area contributed by atoms with Gasteiger partial charge in [-0.3, -0.25) is 4.90 Å². The normalized spacial score (nSPS) is 21.7. The van der Waals surface area contributed by atoms with Gasteiger partial charge in [-0.1, -0.05) is 61.3 Å². The van der Waals surface area contributed by atoms with E-state index in [9.17, 15) is 0 Å². The minimum atomic E-state index is 0.732. The molecule has 2 fully saturated rings. The highest BCUT2D eigenvalue weighted by Gasteiger charge is 2.17. The second kappa shape index (κ2) is 12.8. The molecule has 1 aromatic rings. The molecule has 3 rings (SSSR count). The van der Waals surface area contributed by atoms with Gasteiger partial charge in [-0.2, -0.15) is 0 Å². The van der Waals surface area contributed by atoms with Crippen molar-refractivity contribution in [3.63, 3.8) is 0 Å². The molecule has 1 aliphatic carbocycles. The quantitative estimate of drug-likeness (QED) is 0.398. The summed E-state index contributed by atoms with van der Waals surface area (Å²) in [5, 5.41) is 4.51. The molecule has 0 radical (unpaired) electrons. The highest BCUT2D eigenvalue weighted by atomic mass is 16.6. The molecule has 2 aliphatic rings. The van der Waals surface area contributed by atoms with E-state index in [0.29, 0.717) is 0 Å². The van der Waals surface area contributed by atoms with Crippen LogP contribution in [0.5, 0.6) is 0 Å². The van der Waals surface area contributed by atoms with Crippen molar-refractivity contribution in [2.75, 3.05) is 39.3 Å². The van der Waals surface area contributed by atoms with Crippen molar-refractivity contribution < 1.29 is 4.84 Å². The smallest absolute Gasteiger partial charge is 0.118 e. The van der Waals surface area contributed by atoms with Gasteiger partial charge >= 0.3 is 0 Å². The fourth-order valence-corrected chi connectivity index (χ4v) is 4.21. The Morgan fingerprint density at radius 2 is 1.72 bits per heavy atom. The van der Waals surface area contributed by atoms with Crippen molar-refractivity contribution in [3.05, 3.63) is 47.5 Å². The maximum absolute atomic E-state index is 5.71. The molecular weight excluding hydrogens is 358 g/mol. The molecule has 4 heteroatoms. The van der Waals surface area contributed by atoms with Crippen LogP contribution >= 0.6 is 0 Å². The molecule has 0 atom stereocenters. The molecule has 0 N–H and O–H groups in total. The number of hydrogen-bond acceptors (Lipinski definition) is 4. The lowest BCUT2D eigenvalue weighted by Gasteiger charge is -2.34. The summed E-state index contributed by atoms with van der Waals surface area (Å²) in [6.45, 7) is 9.80. The van der Waals surface area contributed by atoms with Crippen LogP contribution in [0.4, 0.5) is 0 Å². The first kappa shape index (κ1) is 22.0. The maximum atomic E-state index is 5.71. The van der Waals surface area contributed by atoms with Crippen LogP contribution in [0.1, 0.15) is 63.9 Å². The number of allylic oxidation sites excluding steroid dienone is 2. The monoisotopic (exact) mass is 397 g/mol. The molecule has 160 valence electrons. The number of benzene rings is 1. The third kappa shape index (κ3) is 7.94. The zero-order valence-electron chi connectivity index (χ0n) is 18.3. The highest BCUT2D eigenvalue weighted by Crippen LogP contribution is 2.22. The van der Waals surface area contributed by atoms with E-state index in [2.05, 4.69) is 58.3 Å². The molecule has 1 heterocycles. The predicted molar refractivity (Wildman–Crippen MR) is 122 cm³/mol. The third-order valence-electron chi connectivity index (χ3n) is 6.03. The topological polar surface area (TPSA) is 28.1 Å². The van der Waals surface area contributed by atoms with E-state index in [-0.39, 0.29) is 0 Å². The average molecular weight is 398 g/mol. The average Bonchev–Trinajstić information content (AvgIpc) is 2.76. The van der Waals surface area contributed by atoms with Crippen LogP contribution in [0.15, 0.2) is 47.1 Å². The van der Waals surface area contributed by atoms with Gasteiger partial charge in [0.05, 0.1) is 5.71 Å². The predicted octanol–water partition coefficient (Wildman–Crippen LogP) is 5.26. The van der Waals surface area contributed by atoms with E-state index in [1.165, 1.54) is 55.4 Å². The summed E-state index contributed by atoms with van der Waals surface area (Å²) in [4.78, 5) is 10.8. The Morgan fingerprint density at radius 3 is 2.52 bits per heavy atom. The molecule has 0 spiro atoms. The zero-order chi connectivity index (χ0) is 20.2. The van der Waals surface area contributed by atoms with Crippen molar-refractivity contribution in [3.8, 4) is 0 Å². The number of piperazine rings is 1. The Morgan fingerprint density at radius 1 is 0.966 bits per heavy atom. The minimum Gasteiger partial charge on any atom is -0.396 e. The lowest BCUT2D eigenvalue weighted by molar-refractivity contribution is 0.0999. The Labute approximate surface area is 177 Å². The van der Waals surface area contributed by atoms with Crippen molar-refractivity contribution in [2.45, 2.75) is 64.8 Å². The number of hydrogen-bond donors (Lipinski definition) is 0. The van der Waals surface area contributed by atoms with Gasteiger partial charge in [0, 0.05) is 39.3 Å².